The van der Waals surface area contributed by atoms with Crippen LogP contribution in [0.4, 0.5) is 0 Å². The molecule has 0 unspecified atom stereocenters. The molecule has 0 fully saturated rings. The molecule has 9 heteroatoms. The normalized spacial score (nSPS) is 10.2. The van der Waals surface area contributed by atoms with E-state index in [1.165, 1.54) is 20.0 Å². The van der Waals surface area contributed by atoms with Crippen LogP contribution in [0.2, 0.25) is 0 Å². The van der Waals surface area contributed by atoms with Crippen molar-refractivity contribution in [3.05, 3.63) is 58.1 Å². The lowest BCUT2D eigenvalue weighted by Crippen LogP contribution is -2.48. The molecule has 0 atom stereocenters. The number of carbonyl (C=O) groups is 2. The van der Waals surface area contributed by atoms with E-state index >= 15 is 0 Å². The molecular formula is C22H26BrN3O4S. The Morgan fingerprint density at radius 2 is 1.68 bits per heavy atom. The number of hydrogen-bond acceptors (Lipinski definition) is 5. The number of rotatable bonds is 9. The van der Waals surface area contributed by atoms with Gasteiger partial charge in [0.15, 0.2) is 5.11 Å². The van der Waals surface area contributed by atoms with Crippen LogP contribution < -0.4 is 25.6 Å². The van der Waals surface area contributed by atoms with Crippen LogP contribution in [-0.2, 0) is 0 Å². The van der Waals surface area contributed by atoms with Crippen molar-refractivity contribution in [3.8, 4) is 11.5 Å². The predicted molar refractivity (Wildman–Crippen MR) is 127 cm³/mol. The van der Waals surface area contributed by atoms with Crippen LogP contribution in [0.15, 0.2) is 46.9 Å². The van der Waals surface area contributed by atoms with Crippen LogP contribution in [0.3, 0.4) is 0 Å². The lowest BCUT2D eigenvalue weighted by molar-refractivity contribution is 0.0934. The minimum Gasteiger partial charge on any atom is -0.496 e. The molecule has 0 bridgehead atoms. The van der Waals surface area contributed by atoms with Crippen molar-refractivity contribution in [3.63, 3.8) is 0 Å². The Bertz CT molecular complexity index is 906. The molecule has 0 aliphatic rings. The van der Waals surface area contributed by atoms with E-state index in [0.29, 0.717) is 28.0 Å². The van der Waals surface area contributed by atoms with E-state index in [2.05, 4.69) is 39.0 Å². The van der Waals surface area contributed by atoms with E-state index < -0.39 is 11.8 Å². The summed E-state index contributed by atoms with van der Waals surface area (Å²) in [5.41, 5.74) is 5.79. The average Bonchev–Trinajstić information content (AvgIpc) is 2.77. The standard InChI is InChI=1S/C22H26BrN3O4S/c1-3-4-5-6-13-30-17-10-7-15(8-11-17)21(28)25-26-22(31)24-20(27)16-9-12-19(29-2)18(23)14-16/h7-12,14H,3-6,13H2,1-2H3,(H,25,28)(H2,24,26,27,31). The Kier molecular flexibility index (Phi) is 10.3. The third-order valence-corrected chi connectivity index (χ3v) is 5.14. The highest BCUT2D eigenvalue weighted by Crippen LogP contribution is 2.25. The molecule has 2 amide bonds. The molecule has 2 aromatic rings. The van der Waals surface area contributed by atoms with Crippen molar-refractivity contribution in [1.29, 1.82) is 0 Å². The fourth-order valence-corrected chi connectivity index (χ4v) is 3.31. The third kappa shape index (κ3) is 8.18. The Labute approximate surface area is 196 Å². The van der Waals surface area contributed by atoms with E-state index in [0.717, 1.165) is 18.6 Å². The van der Waals surface area contributed by atoms with Gasteiger partial charge in [0, 0.05) is 11.1 Å². The number of carbonyl (C=O) groups excluding carboxylic acids is 2. The topological polar surface area (TPSA) is 88.7 Å². The van der Waals surface area contributed by atoms with Gasteiger partial charge >= 0.3 is 0 Å². The number of unbranched alkanes of at least 4 members (excludes halogenated alkanes) is 3. The molecule has 0 saturated heterocycles. The predicted octanol–water partition coefficient (Wildman–Crippen LogP) is 4.37. The number of ether oxygens (including phenoxy) is 2. The van der Waals surface area contributed by atoms with E-state index in [4.69, 9.17) is 21.7 Å². The minimum absolute atomic E-state index is 0.0303. The Morgan fingerprint density at radius 1 is 0.968 bits per heavy atom. The van der Waals surface area contributed by atoms with Crippen LogP contribution in [0.5, 0.6) is 11.5 Å². The Morgan fingerprint density at radius 3 is 2.32 bits per heavy atom. The zero-order valence-electron chi connectivity index (χ0n) is 17.5. The van der Waals surface area contributed by atoms with E-state index in [1.807, 2.05) is 0 Å². The quantitative estimate of drug-likeness (QED) is 0.265. The number of hydrazine groups is 1. The van der Waals surface area contributed by atoms with Gasteiger partial charge in [-0.2, -0.15) is 0 Å². The first-order valence-corrected chi connectivity index (χ1v) is 11.1. The van der Waals surface area contributed by atoms with E-state index in [-0.39, 0.29) is 5.11 Å². The molecule has 0 aliphatic heterocycles. The van der Waals surface area contributed by atoms with Gasteiger partial charge in [0.25, 0.3) is 11.8 Å². The Balaban J connectivity index is 1.77. The fourth-order valence-electron chi connectivity index (χ4n) is 2.62. The van der Waals surface area contributed by atoms with Gasteiger partial charge in [0.05, 0.1) is 18.2 Å². The first-order chi connectivity index (χ1) is 14.9. The number of nitrogens with one attached hydrogen (secondary N) is 3. The second kappa shape index (κ2) is 12.9. The van der Waals surface area contributed by atoms with Crippen molar-refractivity contribution in [1.82, 2.24) is 16.2 Å². The van der Waals surface area contributed by atoms with Crippen LogP contribution in [0, 0.1) is 0 Å². The van der Waals surface area contributed by atoms with Crippen molar-refractivity contribution >= 4 is 45.1 Å². The molecular weight excluding hydrogens is 482 g/mol. The van der Waals surface area contributed by atoms with Crippen molar-refractivity contribution < 1.29 is 19.1 Å². The molecule has 0 saturated carbocycles. The highest BCUT2D eigenvalue weighted by atomic mass is 79.9. The summed E-state index contributed by atoms with van der Waals surface area (Å²) in [5, 5.41) is 2.47. The Hall–Kier alpha value is -2.65. The number of methoxy groups -OCH3 is 1. The van der Waals surface area contributed by atoms with Crippen molar-refractivity contribution in [2.75, 3.05) is 13.7 Å². The summed E-state index contributed by atoms with van der Waals surface area (Å²) in [6.45, 7) is 2.83. The van der Waals surface area contributed by atoms with Gasteiger partial charge in [-0.15, -0.1) is 0 Å². The van der Waals surface area contributed by atoms with Gasteiger partial charge in [-0.25, -0.2) is 0 Å². The molecule has 0 heterocycles. The summed E-state index contributed by atoms with van der Waals surface area (Å²) in [6.07, 6.45) is 4.55. The average molecular weight is 508 g/mol. The van der Waals surface area contributed by atoms with Gasteiger partial charge < -0.3 is 9.47 Å². The molecule has 0 spiro atoms. The van der Waals surface area contributed by atoms with Gasteiger partial charge in [0.2, 0.25) is 0 Å². The van der Waals surface area contributed by atoms with Gasteiger partial charge in [-0.1, -0.05) is 26.2 Å². The number of halogens is 1. The smallest absolute Gasteiger partial charge is 0.269 e. The lowest BCUT2D eigenvalue weighted by atomic mass is 10.2. The summed E-state index contributed by atoms with van der Waals surface area (Å²) in [6, 6.07) is 11.7. The molecule has 0 aromatic heterocycles. The summed E-state index contributed by atoms with van der Waals surface area (Å²) in [4.78, 5) is 24.5. The number of thiocarbonyl (C=S) groups is 1. The number of amides is 2. The van der Waals surface area contributed by atoms with Crippen molar-refractivity contribution in [2.45, 2.75) is 32.6 Å². The maximum atomic E-state index is 12.3. The maximum absolute atomic E-state index is 12.3. The molecule has 2 rings (SSSR count). The third-order valence-electron chi connectivity index (χ3n) is 4.31. The van der Waals surface area contributed by atoms with Gasteiger partial charge in [-0.05, 0) is 77.0 Å². The number of hydrogen-bond donors (Lipinski definition) is 3. The second-order valence-corrected chi connectivity index (χ2v) is 7.91. The molecule has 166 valence electrons. The van der Waals surface area contributed by atoms with Gasteiger partial charge in [-0.3, -0.25) is 25.8 Å². The largest absolute Gasteiger partial charge is 0.496 e. The summed E-state index contributed by atoms with van der Waals surface area (Å²) < 4.78 is 11.4. The maximum Gasteiger partial charge on any atom is 0.269 e. The fraction of sp³-hybridized carbons (Fsp3) is 0.318. The lowest BCUT2D eigenvalue weighted by Gasteiger charge is -2.12. The molecule has 0 radical (unpaired) electrons. The van der Waals surface area contributed by atoms with Crippen LogP contribution >= 0.6 is 28.1 Å². The molecule has 7 nitrogen and oxygen atoms in total. The summed E-state index contributed by atoms with van der Waals surface area (Å²) in [7, 11) is 1.54. The second-order valence-electron chi connectivity index (χ2n) is 6.65. The highest BCUT2D eigenvalue weighted by Gasteiger charge is 2.12. The summed E-state index contributed by atoms with van der Waals surface area (Å²) >= 11 is 8.39. The first-order valence-electron chi connectivity index (χ1n) is 9.92. The van der Waals surface area contributed by atoms with E-state index in [9.17, 15) is 9.59 Å². The minimum atomic E-state index is -0.421. The molecule has 2 aromatic carbocycles. The molecule has 0 aliphatic carbocycles. The zero-order chi connectivity index (χ0) is 22.6. The number of benzene rings is 2. The zero-order valence-corrected chi connectivity index (χ0v) is 19.9. The van der Waals surface area contributed by atoms with Crippen LogP contribution in [0.25, 0.3) is 0 Å². The van der Waals surface area contributed by atoms with Crippen molar-refractivity contribution in [2.24, 2.45) is 0 Å². The van der Waals surface area contributed by atoms with Crippen LogP contribution in [0.1, 0.15) is 53.3 Å². The SMILES string of the molecule is CCCCCCOc1ccc(C(=O)NNC(=S)NC(=O)c2ccc(OC)c(Br)c2)cc1. The molecule has 3 N–H and O–H groups in total. The molecule has 31 heavy (non-hydrogen) atoms. The summed E-state index contributed by atoms with van der Waals surface area (Å²) in [5.74, 6) is 0.515. The van der Waals surface area contributed by atoms with Gasteiger partial charge in [0.1, 0.15) is 11.5 Å². The van der Waals surface area contributed by atoms with E-state index in [1.54, 1.807) is 42.5 Å². The first kappa shape index (κ1) is 24.6. The van der Waals surface area contributed by atoms with Crippen LogP contribution in [-0.4, -0.2) is 30.6 Å². The highest BCUT2D eigenvalue weighted by molar-refractivity contribution is 9.10. The monoisotopic (exact) mass is 507 g/mol.